The molecule has 0 radical (unpaired) electrons. The lowest BCUT2D eigenvalue weighted by atomic mass is 10.1. The van der Waals surface area contributed by atoms with Crippen LogP contribution in [0, 0.1) is 0 Å². The molecule has 0 fully saturated rings. The van der Waals surface area contributed by atoms with E-state index in [4.69, 9.17) is 9.47 Å². The highest BCUT2D eigenvalue weighted by molar-refractivity contribution is 5.69. The van der Waals surface area contributed by atoms with Crippen molar-refractivity contribution in [2.24, 2.45) is 0 Å². The first-order valence-corrected chi connectivity index (χ1v) is 29.6. The molecule has 66 heavy (non-hydrogen) atoms. The summed E-state index contributed by atoms with van der Waals surface area (Å²) >= 11 is 0. The van der Waals surface area contributed by atoms with Gasteiger partial charge in [0.25, 0.3) is 0 Å². The Bertz CT molecular complexity index is 857. The van der Waals surface area contributed by atoms with Crippen LogP contribution in [0.2, 0.25) is 0 Å². The Morgan fingerprint density at radius 1 is 0.288 bits per heavy atom. The molecule has 0 aliphatic rings. The maximum atomic E-state index is 12.6. The number of rotatable bonds is 56. The Balaban J connectivity index is 4.34. The normalized spacial score (nSPS) is 11.8. The van der Waals surface area contributed by atoms with Crippen LogP contribution in [0.1, 0.15) is 285 Å². The molecule has 0 amide bonds. The van der Waals surface area contributed by atoms with Gasteiger partial charge in [-0.1, -0.05) is 207 Å². The van der Waals surface area contributed by atoms with Crippen molar-refractivity contribution in [3.8, 4) is 0 Å². The van der Waals surface area contributed by atoms with Crippen molar-refractivity contribution in [2.45, 2.75) is 285 Å². The highest BCUT2D eigenvalue weighted by atomic mass is 16.5. The van der Waals surface area contributed by atoms with E-state index in [1.807, 2.05) is 0 Å². The van der Waals surface area contributed by atoms with E-state index in [0.717, 1.165) is 64.7 Å². The molecule has 0 aromatic heterocycles. The number of unbranched alkanes of at least 4 members (excludes halogenated alkanes) is 30. The molecule has 1 N–H and O–H groups in total. The molecule has 0 saturated carbocycles. The lowest BCUT2D eigenvalue weighted by Crippen LogP contribution is -2.29. The Kier molecular flexibility index (Phi) is 53.7. The fourth-order valence-electron chi connectivity index (χ4n) is 9.33. The van der Waals surface area contributed by atoms with Crippen molar-refractivity contribution in [1.29, 1.82) is 0 Å². The Morgan fingerprint density at radius 2 is 0.500 bits per heavy atom. The molecule has 8 nitrogen and oxygen atoms in total. The minimum Gasteiger partial charge on any atom is -0.466 e. The smallest absolute Gasteiger partial charge is 0.305 e. The standard InChI is InChI=1S/C58H117N3O5/c1-5-9-13-17-21-25-29-35-45-59(46-36-30-26-22-18-14-10-6-2)51-41-55-65-57(63)43-33-39-49-61(53-54-62)50-40-34-44-58(64)66-56-42-52-60(47-37-31-27-23-19-15-11-7-3)48-38-32-28-24-20-16-12-8-4/h62H,5-56H2,1-4H3. The summed E-state index contributed by atoms with van der Waals surface area (Å²) in [6, 6.07) is 0. The summed E-state index contributed by atoms with van der Waals surface area (Å²) in [7, 11) is 0. The highest BCUT2D eigenvalue weighted by Crippen LogP contribution is 2.14. The van der Waals surface area contributed by atoms with Gasteiger partial charge in [0.05, 0.1) is 19.8 Å². The molecule has 0 aromatic rings. The van der Waals surface area contributed by atoms with Gasteiger partial charge in [0.2, 0.25) is 0 Å². The van der Waals surface area contributed by atoms with Crippen LogP contribution in [-0.4, -0.2) is 110 Å². The third-order valence-electron chi connectivity index (χ3n) is 13.7. The third kappa shape index (κ3) is 49.2. The van der Waals surface area contributed by atoms with Gasteiger partial charge in [0.1, 0.15) is 0 Å². The maximum Gasteiger partial charge on any atom is 0.305 e. The fraction of sp³-hybridized carbons (Fsp3) is 0.966. The van der Waals surface area contributed by atoms with Gasteiger partial charge in [0.15, 0.2) is 0 Å². The molecule has 0 unspecified atom stereocenters. The predicted molar refractivity (Wildman–Crippen MR) is 286 cm³/mol. The Hall–Kier alpha value is -1.22. The zero-order valence-corrected chi connectivity index (χ0v) is 45.2. The number of aliphatic hydroxyl groups is 1. The summed E-state index contributed by atoms with van der Waals surface area (Å²) in [6.07, 6.45) is 49.4. The van der Waals surface area contributed by atoms with Crippen molar-refractivity contribution in [2.75, 3.05) is 78.7 Å². The van der Waals surface area contributed by atoms with E-state index >= 15 is 0 Å². The quantitative estimate of drug-likeness (QED) is 0.0477. The van der Waals surface area contributed by atoms with Gasteiger partial charge in [-0.05, 0) is 103 Å². The number of ether oxygens (including phenoxy) is 2. The average molecular weight is 937 g/mol. The topological polar surface area (TPSA) is 82.6 Å². The Morgan fingerprint density at radius 3 is 0.758 bits per heavy atom. The summed E-state index contributed by atoms with van der Waals surface area (Å²) in [6.45, 7) is 19.3. The molecule has 0 heterocycles. The zero-order valence-electron chi connectivity index (χ0n) is 45.2. The van der Waals surface area contributed by atoms with Crippen LogP contribution in [-0.2, 0) is 19.1 Å². The lowest BCUT2D eigenvalue weighted by Gasteiger charge is -2.22. The molecule has 0 aliphatic heterocycles. The molecule has 0 atom stereocenters. The minimum absolute atomic E-state index is 0.0837. The summed E-state index contributed by atoms with van der Waals surface area (Å²) < 4.78 is 11.4. The van der Waals surface area contributed by atoms with Crippen LogP contribution in [0.4, 0.5) is 0 Å². The van der Waals surface area contributed by atoms with E-state index in [1.165, 1.54) is 232 Å². The van der Waals surface area contributed by atoms with Gasteiger partial charge in [0, 0.05) is 32.5 Å². The second-order valence-corrected chi connectivity index (χ2v) is 20.2. The van der Waals surface area contributed by atoms with E-state index in [9.17, 15) is 14.7 Å². The number of esters is 2. The molecule has 0 aromatic carbocycles. The molecular weight excluding hydrogens is 819 g/mol. The molecule has 8 heteroatoms. The fourth-order valence-corrected chi connectivity index (χ4v) is 9.33. The van der Waals surface area contributed by atoms with Gasteiger partial charge in [-0.3, -0.25) is 9.59 Å². The molecule has 0 rings (SSSR count). The first-order valence-electron chi connectivity index (χ1n) is 29.6. The number of carbonyl (C=O) groups excluding carboxylic acids is 2. The van der Waals surface area contributed by atoms with Gasteiger partial charge in [-0.15, -0.1) is 0 Å². The first-order chi connectivity index (χ1) is 32.5. The van der Waals surface area contributed by atoms with Crippen LogP contribution in [0.15, 0.2) is 0 Å². The van der Waals surface area contributed by atoms with Crippen LogP contribution >= 0.6 is 0 Å². The van der Waals surface area contributed by atoms with Crippen LogP contribution < -0.4 is 0 Å². The first kappa shape index (κ1) is 64.8. The second kappa shape index (κ2) is 54.7. The largest absolute Gasteiger partial charge is 0.466 e. The van der Waals surface area contributed by atoms with Gasteiger partial charge in [-0.25, -0.2) is 0 Å². The number of hydrogen-bond acceptors (Lipinski definition) is 8. The van der Waals surface area contributed by atoms with Crippen LogP contribution in [0.3, 0.4) is 0 Å². The highest BCUT2D eigenvalue weighted by Gasteiger charge is 2.11. The molecule has 394 valence electrons. The van der Waals surface area contributed by atoms with Gasteiger partial charge >= 0.3 is 11.9 Å². The van der Waals surface area contributed by atoms with E-state index in [2.05, 4.69) is 42.4 Å². The number of carbonyl (C=O) groups is 2. The maximum absolute atomic E-state index is 12.6. The van der Waals surface area contributed by atoms with Crippen molar-refractivity contribution in [3.63, 3.8) is 0 Å². The van der Waals surface area contributed by atoms with Crippen molar-refractivity contribution >= 4 is 11.9 Å². The van der Waals surface area contributed by atoms with E-state index in [1.54, 1.807) is 0 Å². The van der Waals surface area contributed by atoms with E-state index in [-0.39, 0.29) is 18.5 Å². The zero-order chi connectivity index (χ0) is 48.1. The van der Waals surface area contributed by atoms with Crippen molar-refractivity contribution in [1.82, 2.24) is 14.7 Å². The summed E-state index contributed by atoms with van der Waals surface area (Å²) in [5.74, 6) is -0.167. The van der Waals surface area contributed by atoms with E-state index in [0.29, 0.717) is 32.6 Å². The number of nitrogens with zero attached hydrogens (tertiary/aromatic N) is 3. The van der Waals surface area contributed by atoms with Crippen LogP contribution in [0.25, 0.3) is 0 Å². The van der Waals surface area contributed by atoms with Gasteiger partial charge < -0.3 is 29.3 Å². The second-order valence-electron chi connectivity index (χ2n) is 20.2. The van der Waals surface area contributed by atoms with Crippen LogP contribution in [0.5, 0.6) is 0 Å². The number of aliphatic hydroxyl groups excluding tert-OH is 1. The molecule has 0 aliphatic carbocycles. The predicted octanol–water partition coefficient (Wildman–Crippen LogP) is 15.7. The Labute approximate surface area is 412 Å². The minimum atomic E-state index is -0.0837. The molecule has 0 spiro atoms. The van der Waals surface area contributed by atoms with Crippen molar-refractivity contribution in [3.05, 3.63) is 0 Å². The van der Waals surface area contributed by atoms with Crippen molar-refractivity contribution < 1.29 is 24.2 Å². The summed E-state index contributed by atoms with van der Waals surface area (Å²) in [5, 5.41) is 9.68. The monoisotopic (exact) mass is 936 g/mol. The number of hydrogen-bond donors (Lipinski definition) is 1. The summed E-state index contributed by atoms with van der Waals surface area (Å²) in [5.41, 5.74) is 0. The molecule has 0 bridgehead atoms. The average Bonchev–Trinajstić information content (AvgIpc) is 3.32. The third-order valence-corrected chi connectivity index (χ3v) is 13.7. The summed E-state index contributed by atoms with van der Waals surface area (Å²) in [4.78, 5) is 32.7. The molecular formula is C58H117N3O5. The van der Waals surface area contributed by atoms with E-state index < -0.39 is 0 Å². The SMILES string of the molecule is CCCCCCCCCCN(CCCCCCCCCC)CCCOC(=O)CCCCN(CCO)CCCCC(=O)OCCCN(CCCCCCCCCC)CCCCCCCCCC. The van der Waals surface area contributed by atoms with Gasteiger partial charge in [-0.2, -0.15) is 0 Å². The lowest BCUT2D eigenvalue weighted by molar-refractivity contribution is -0.144. The molecule has 0 saturated heterocycles.